The Balaban J connectivity index is 2.53. The summed E-state index contributed by atoms with van der Waals surface area (Å²) in [5.74, 6) is -0.352. The van der Waals surface area contributed by atoms with Crippen molar-refractivity contribution in [2.24, 2.45) is 23.2 Å². The van der Waals surface area contributed by atoms with E-state index in [4.69, 9.17) is 9.47 Å². The molecule has 0 unspecified atom stereocenters. The van der Waals surface area contributed by atoms with Crippen molar-refractivity contribution in [1.29, 1.82) is 0 Å². The molecule has 0 bridgehead atoms. The summed E-state index contributed by atoms with van der Waals surface area (Å²) in [5.41, 5.74) is -0.193. The fraction of sp³-hybridized carbons (Fsp3) is 0.750. The SMILES string of the molecule is C=C1C[C@H](OC(C)=O)[C@H]2[C@H](C(C)(C)OC(C)=O)CC[C@]2(C)/C=C/[C@H](C)CC[C@@H]1O. The maximum atomic E-state index is 12.0. The van der Waals surface area contributed by atoms with E-state index in [1.165, 1.54) is 13.8 Å². The molecule has 29 heavy (non-hydrogen) atoms. The number of rotatable bonds is 3. The number of aliphatic hydroxyl groups excluding tert-OH is 1. The summed E-state index contributed by atoms with van der Waals surface area (Å²) in [6.45, 7) is 15.2. The molecule has 5 nitrogen and oxygen atoms in total. The Kier molecular flexibility index (Phi) is 7.37. The number of aliphatic hydroxyl groups is 1. The fourth-order valence-corrected chi connectivity index (χ4v) is 5.33. The van der Waals surface area contributed by atoms with Gasteiger partial charge in [-0.25, -0.2) is 0 Å². The average Bonchev–Trinajstić information content (AvgIpc) is 2.93. The van der Waals surface area contributed by atoms with E-state index in [0.717, 1.165) is 19.3 Å². The summed E-state index contributed by atoms with van der Waals surface area (Å²) in [4.78, 5) is 23.7. The van der Waals surface area contributed by atoms with E-state index < -0.39 is 17.8 Å². The summed E-state index contributed by atoms with van der Waals surface area (Å²) in [7, 11) is 0. The molecule has 0 saturated heterocycles. The van der Waals surface area contributed by atoms with Gasteiger partial charge in [-0.15, -0.1) is 0 Å². The third-order valence-electron chi connectivity index (χ3n) is 6.84. The van der Waals surface area contributed by atoms with Crippen LogP contribution in [0, 0.1) is 23.2 Å². The normalized spacial score (nSPS) is 37.2. The maximum Gasteiger partial charge on any atom is 0.303 e. The highest BCUT2D eigenvalue weighted by molar-refractivity contribution is 5.67. The maximum absolute atomic E-state index is 12.0. The van der Waals surface area contributed by atoms with Gasteiger partial charge in [0.1, 0.15) is 11.7 Å². The van der Waals surface area contributed by atoms with Gasteiger partial charge in [0.05, 0.1) is 6.10 Å². The number of hydrogen-bond donors (Lipinski definition) is 1. The van der Waals surface area contributed by atoms with Gasteiger partial charge in [0.25, 0.3) is 0 Å². The molecule has 0 aromatic carbocycles. The third kappa shape index (κ3) is 5.71. The summed E-state index contributed by atoms with van der Waals surface area (Å²) < 4.78 is 11.5. The Hall–Kier alpha value is -1.62. The number of esters is 2. The minimum absolute atomic E-state index is 0.0198. The Morgan fingerprint density at radius 1 is 1.21 bits per heavy atom. The molecule has 2 aliphatic rings. The summed E-state index contributed by atoms with van der Waals surface area (Å²) in [6.07, 6.45) is 7.16. The summed E-state index contributed by atoms with van der Waals surface area (Å²) >= 11 is 0. The average molecular weight is 407 g/mol. The topological polar surface area (TPSA) is 72.8 Å². The lowest BCUT2D eigenvalue weighted by atomic mass is 9.68. The molecule has 0 radical (unpaired) electrons. The van der Waals surface area contributed by atoms with Crippen LogP contribution in [0.4, 0.5) is 0 Å². The summed E-state index contributed by atoms with van der Waals surface area (Å²) in [5, 5.41) is 10.6. The van der Waals surface area contributed by atoms with Crippen molar-refractivity contribution in [3.05, 3.63) is 24.3 Å². The van der Waals surface area contributed by atoms with Gasteiger partial charge in [-0.05, 0) is 56.4 Å². The number of allylic oxidation sites excluding steroid dienone is 2. The van der Waals surface area contributed by atoms with E-state index in [9.17, 15) is 14.7 Å². The lowest BCUT2D eigenvalue weighted by molar-refractivity contribution is -0.169. The molecule has 0 aliphatic heterocycles. The van der Waals surface area contributed by atoms with Crippen molar-refractivity contribution in [2.75, 3.05) is 0 Å². The molecule has 0 amide bonds. The molecular formula is C24H38O5. The molecule has 0 spiro atoms. The molecule has 0 heterocycles. The van der Waals surface area contributed by atoms with Crippen molar-refractivity contribution in [1.82, 2.24) is 0 Å². The van der Waals surface area contributed by atoms with Gasteiger partial charge in [-0.1, -0.05) is 32.6 Å². The number of hydrogen-bond acceptors (Lipinski definition) is 5. The van der Waals surface area contributed by atoms with Crippen molar-refractivity contribution >= 4 is 11.9 Å². The first kappa shape index (κ1) is 23.7. The van der Waals surface area contributed by atoms with Crippen molar-refractivity contribution in [2.45, 2.75) is 91.5 Å². The second-order valence-corrected chi connectivity index (χ2v) is 9.81. The van der Waals surface area contributed by atoms with Crippen LogP contribution < -0.4 is 0 Å². The van der Waals surface area contributed by atoms with Gasteiger partial charge in [0, 0.05) is 32.1 Å². The largest absolute Gasteiger partial charge is 0.462 e. The number of fused-ring (bicyclic) bond motifs is 1. The van der Waals surface area contributed by atoms with Gasteiger partial charge in [0.15, 0.2) is 0 Å². The molecule has 2 aliphatic carbocycles. The van der Waals surface area contributed by atoms with Crippen LogP contribution in [0.1, 0.15) is 73.6 Å². The first-order valence-electron chi connectivity index (χ1n) is 10.8. The number of ether oxygens (including phenoxy) is 2. The smallest absolute Gasteiger partial charge is 0.303 e. The predicted molar refractivity (Wildman–Crippen MR) is 113 cm³/mol. The van der Waals surface area contributed by atoms with E-state index >= 15 is 0 Å². The highest BCUT2D eigenvalue weighted by Crippen LogP contribution is 2.55. The zero-order chi connectivity index (χ0) is 22.0. The van der Waals surface area contributed by atoms with E-state index in [2.05, 4.69) is 32.6 Å². The van der Waals surface area contributed by atoms with Crippen LogP contribution in [0.5, 0.6) is 0 Å². The van der Waals surface area contributed by atoms with E-state index in [-0.39, 0.29) is 29.2 Å². The number of carbonyl (C=O) groups excluding carboxylic acids is 2. The first-order chi connectivity index (χ1) is 13.4. The second kappa shape index (κ2) is 9.03. The van der Waals surface area contributed by atoms with Gasteiger partial charge >= 0.3 is 11.9 Å². The van der Waals surface area contributed by atoms with Gasteiger partial charge in [-0.2, -0.15) is 0 Å². The monoisotopic (exact) mass is 406 g/mol. The second-order valence-electron chi connectivity index (χ2n) is 9.81. The molecule has 1 N–H and O–H groups in total. The summed E-state index contributed by atoms with van der Waals surface area (Å²) in [6, 6.07) is 0. The Morgan fingerprint density at radius 3 is 2.45 bits per heavy atom. The van der Waals surface area contributed by atoms with Crippen molar-refractivity contribution in [3.8, 4) is 0 Å². The molecule has 0 aromatic rings. The fourth-order valence-electron chi connectivity index (χ4n) is 5.33. The van der Waals surface area contributed by atoms with Crippen LogP contribution in [-0.2, 0) is 19.1 Å². The quantitative estimate of drug-likeness (QED) is 0.548. The Bertz CT molecular complexity index is 664. The molecule has 2 rings (SSSR count). The zero-order valence-electron chi connectivity index (χ0n) is 18.9. The Labute approximate surface area is 175 Å². The molecule has 0 aromatic heterocycles. The molecule has 164 valence electrons. The minimum atomic E-state index is -0.688. The molecule has 5 heteroatoms. The van der Waals surface area contributed by atoms with Crippen LogP contribution in [-0.4, -0.2) is 34.9 Å². The van der Waals surface area contributed by atoms with Crippen molar-refractivity contribution < 1.29 is 24.2 Å². The van der Waals surface area contributed by atoms with Crippen molar-refractivity contribution in [3.63, 3.8) is 0 Å². The van der Waals surface area contributed by atoms with E-state index in [0.29, 0.717) is 24.3 Å². The van der Waals surface area contributed by atoms with Crippen LogP contribution in [0.25, 0.3) is 0 Å². The standard InChI is InChI=1S/C24H38O5/c1-15-8-9-20(27)16(2)14-21(28-17(3)25)22-19(23(5,6)29-18(4)26)11-13-24(22,7)12-10-15/h10,12,15,19-22,27H,2,8-9,11,13-14H2,1,3-7H3/b12-10+/t15-,19-,20+,21+,22-,24+/m1/s1. The lowest BCUT2D eigenvalue weighted by Crippen LogP contribution is -2.46. The van der Waals surface area contributed by atoms with Gasteiger partial charge in [-0.3, -0.25) is 9.59 Å². The minimum Gasteiger partial charge on any atom is -0.462 e. The third-order valence-corrected chi connectivity index (χ3v) is 6.84. The van der Waals surface area contributed by atoms with Crippen LogP contribution in [0.2, 0.25) is 0 Å². The molecule has 1 saturated carbocycles. The zero-order valence-corrected chi connectivity index (χ0v) is 18.9. The highest BCUT2D eigenvalue weighted by atomic mass is 16.6. The first-order valence-corrected chi connectivity index (χ1v) is 10.8. The van der Waals surface area contributed by atoms with Gasteiger partial charge in [0.2, 0.25) is 0 Å². The molecule has 6 atom stereocenters. The predicted octanol–water partition coefficient (Wildman–Crippen LogP) is 4.59. The van der Waals surface area contributed by atoms with Crippen LogP contribution >= 0.6 is 0 Å². The number of carbonyl (C=O) groups is 2. The Morgan fingerprint density at radius 2 is 1.86 bits per heavy atom. The molecule has 1 fully saturated rings. The van der Waals surface area contributed by atoms with E-state index in [1.807, 2.05) is 13.8 Å². The van der Waals surface area contributed by atoms with Gasteiger partial charge < -0.3 is 14.6 Å². The van der Waals surface area contributed by atoms with Crippen LogP contribution in [0.15, 0.2) is 24.3 Å². The highest BCUT2D eigenvalue weighted by Gasteiger charge is 2.54. The lowest BCUT2D eigenvalue weighted by Gasteiger charge is -2.43. The molecular weight excluding hydrogens is 368 g/mol. The van der Waals surface area contributed by atoms with Crippen LogP contribution in [0.3, 0.4) is 0 Å². The van der Waals surface area contributed by atoms with E-state index in [1.54, 1.807) is 0 Å².